The highest BCUT2D eigenvalue weighted by molar-refractivity contribution is 9.10. The average molecular weight is 509 g/mol. The number of hydrogen-bond acceptors (Lipinski definition) is 4. The van der Waals surface area contributed by atoms with E-state index in [-0.39, 0.29) is 23.7 Å². The third-order valence-electron chi connectivity index (χ3n) is 4.61. The Morgan fingerprint density at radius 2 is 1.88 bits per heavy atom. The monoisotopic (exact) mass is 508 g/mol. The van der Waals surface area contributed by atoms with Gasteiger partial charge < -0.3 is 14.8 Å². The number of ether oxygens (including phenoxy) is 2. The van der Waals surface area contributed by atoms with Crippen molar-refractivity contribution in [1.29, 1.82) is 5.26 Å². The predicted molar refractivity (Wildman–Crippen MR) is 130 cm³/mol. The summed E-state index contributed by atoms with van der Waals surface area (Å²) in [6.07, 6.45) is 1.57. The highest BCUT2D eigenvalue weighted by atomic mass is 79.9. The van der Waals surface area contributed by atoms with Gasteiger partial charge in [-0.1, -0.05) is 35.9 Å². The van der Waals surface area contributed by atoms with Crippen LogP contribution in [-0.2, 0) is 4.79 Å². The molecule has 0 aliphatic heterocycles. The summed E-state index contributed by atoms with van der Waals surface area (Å²) in [7, 11) is 0. The van der Waals surface area contributed by atoms with Crippen molar-refractivity contribution in [3.63, 3.8) is 0 Å². The summed E-state index contributed by atoms with van der Waals surface area (Å²) in [4.78, 5) is 12.3. The highest BCUT2D eigenvalue weighted by Crippen LogP contribution is 2.38. The fourth-order valence-electron chi connectivity index (χ4n) is 3.06. The van der Waals surface area contributed by atoms with Crippen LogP contribution >= 0.6 is 15.9 Å². The van der Waals surface area contributed by atoms with Crippen LogP contribution in [0.2, 0.25) is 0 Å². The highest BCUT2D eigenvalue weighted by Gasteiger charge is 2.15. The van der Waals surface area contributed by atoms with Crippen LogP contribution in [0.15, 0.2) is 65.1 Å². The Hall–Kier alpha value is -3.63. The van der Waals surface area contributed by atoms with Crippen LogP contribution in [0, 0.1) is 24.1 Å². The van der Waals surface area contributed by atoms with Gasteiger partial charge in [-0.3, -0.25) is 4.79 Å². The van der Waals surface area contributed by atoms with E-state index in [1.807, 2.05) is 44.2 Å². The molecule has 0 saturated heterocycles. The van der Waals surface area contributed by atoms with Crippen molar-refractivity contribution in [3.8, 4) is 17.6 Å². The molecule has 7 heteroatoms. The van der Waals surface area contributed by atoms with Crippen molar-refractivity contribution < 1.29 is 18.7 Å². The Balaban J connectivity index is 1.82. The van der Waals surface area contributed by atoms with Gasteiger partial charge in [0.25, 0.3) is 5.91 Å². The van der Waals surface area contributed by atoms with E-state index in [4.69, 9.17) is 9.47 Å². The molecule has 0 radical (unpaired) electrons. The molecule has 0 bridgehead atoms. The SMILES string of the molecule is CCOc1cc(/C=C(/C#N)c2ccccc2F)cc(Br)c1OCC(=O)Nc1ccc(C)cc1. The molecular formula is C26H22BrFN2O3. The van der Waals surface area contributed by atoms with Crippen LogP contribution in [-0.4, -0.2) is 19.1 Å². The zero-order valence-electron chi connectivity index (χ0n) is 18.2. The van der Waals surface area contributed by atoms with Gasteiger partial charge in [0.15, 0.2) is 18.1 Å². The summed E-state index contributed by atoms with van der Waals surface area (Å²) in [6, 6.07) is 19.0. The average Bonchev–Trinajstić information content (AvgIpc) is 2.79. The number of amides is 1. The van der Waals surface area contributed by atoms with Crippen molar-refractivity contribution in [2.24, 2.45) is 0 Å². The molecule has 0 aromatic heterocycles. The summed E-state index contributed by atoms with van der Waals surface area (Å²) in [5.74, 6) is -0.0398. The third kappa shape index (κ3) is 6.43. The zero-order chi connectivity index (χ0) is 23.8. The Labute approximate surface area is 200 Å². The van der Waals surface area contributed by atoms with Crippen LogP contribution in [0.5, 0.6) is 11.5 Å². The molecule has 1 N–H and O–H groups in total. The van der Waals surface area contributed by atoms with Gasteiger partial charge in [-0.05, 0) is 71.7 Å². The molecule has 3 aromatic carbocycles. The first-order chi connectivity index (χ1) is 15.9. The summed E-state index contributed by atoms with van der Waals surface area (Å²) < 4.78 is 26.1. The number of rotatable bonds is 8. The summed E-state index contributed by atoms with van der Waals surface area (Å²) in [6.45, 7) is 3.94. The molecule has 33 heavy (non-hydrogen) atoms. The number of anilines is 1. The van der Waals surface area contributed by atoms with Gasteiger partial charge in [0, 0.05) is 11.3 Å². The maximum Gasteiger partial charge on any atom is 0.262 e. The molecule has 0 atom stereocenters. The van der Waals surface area contributed by atoms with E-state index in [0.29, 0.717) is 33.8 Å². The smallest absolute Gasteiger partial charge is 0.262 e. The summed E-state index contributed by atoms with van der Waals surface area (Å²) in [5, 5.41) is 12.3. The lowest BCUT2D eigenvalue weighted by molar-refractivity contribution is -0.118. The Morgan fingerprint density at radius 3 is 2.55 bits per heavy atom. The van der Waals surface area contributed by atoms with Crippen LogP contribution in [0.4, 0.5) is 10.1 Å². The number of nitriles is 1. The molecule has 0 saturated carbocycles. The second-order valence-corrected chi connectivity index (χ2v) is 7.97. The molecular weight excluding hydrogens is 487 g/mol. The van der Waals surface area contributed by atoms with E-state index in [9.17, 15) is 14.4 Å². The molecule has 168 valence electrons. The largest absolute Gasteiger partial charge is 0.490 e. The maximum absolute atomic E-state index is 14.1. The third-order valence-corrected chi connectivity index (χ3v) is 5.20. The number of allylic oxidation sites excluding steroid dienone is 1. The van der Waals surface area contributed by atoms with Crippen LogP contribution < -0.4 is 14.8 Å². The van der Waals surface area contributed by atoms with Gasteiger partial charge in [0.05, 0.1) is 22.7 Å². The van der Waals surface area contributed by atoms with Crippen LogP contribution in [0.3, 0.4) is 0 Å². The minimum absolute atomic E-state index is 0.175. The Kier molecular flexibility index (Phi) is 8.22. The van der Waals surface area contributed by atoms with Crippen molar-refractivity contribution >= 4 is 39.2 Å². The first-order valence-corrected chi connectivity index (χ1v) is 11.0. The molecule has 0 unspecified atom stereocenters. The number of carbonyl (C=O) groups excluding carboxylic acids is 1. The van der Waals surface area contributed by atoms with E-state index in [0.717, 1.165) is 5.56 Å². The molecule has 3 aromatic rings. The quantitative estimate of drug-likeness (QED) is 0.283. The molecule has 3 rings (SSSR count). The number of carbonyl (C=O) groups is 1. The molecule has 5 nitrogen and oxygen atoms in total. The second-order valence-electron chi connectivity index (χ2n) is 7.12. The van der Waals surface area contributed by atoms with E-state index < -0.39 is 5.82 Å². The van der Waals surface area contributed by atoms with Crippen LogP contribution in [0.1, 0.15) is 23.6 Å². The predicted octanol–water partition coefficient (Wildman–Crippen LogP) is 6.38. The van der Waals surface area contributed by atoms with E-state index >= 15 is 0 Å². The molecule has 0 aliphatic carbocycles. The summed E-state index contributed by atoms with van der Waals surface area (Å²) >= 11 is 3.45. The lowest BCUT2D eigenvalue weighted by atomic mass is 10.0. The van der Waals surface area contributed by atoms with Gasteiger partial charge in [-0.2, -0.15) is 5.26 Å². The van der Waals surface area contributed by atoms with Gasteiger partial charge in [0.2, 0.25) is 0 Å². The fraction of sp³-hybridized carbons (Fsp3) is 0.154. The van der Waals surface area contributed by atoms with Crippen molar-refractivity contribution in [2.45, 2.75) is 13.8 Å². The number of nitrogens with zero attached hydrogens (tertiary/aromatic N) is 1. The second kappa shape index (κ2) is 11.3. The molecule has 0 heterocycles. The van der Waals surface area contributed by atoms with Gasteiger partial charge in [0.1, 0.15) is 5.82 Å². The van der Waals surface area contributed by atoms with Crippen molar-refractivity contribution in [3.05, 3.63) is 87.6 Å². The molecule has 0 fully saturated rings. The number of benzene rings is 3. The number of halogens is 2. The van der Waals surface area contributed by atoms with Crippen molar-refractivity contribution in [2.75, 3.05) is 18.5 Å². The minimum Gasteiger partial charge on any atom is -0.490 e. The normalized spacial score (nSPS) is 10.9. The Morgan fingerprint density at radius 1 is 1.15 bits per heavy atom. The topological polar surface area (TPSA) is 71.3 Å². The van der Waals surface area contributed by atoms with E-state index in [1.165, 1.54) is 6.07 Å². The number of hydrogen-bond donors (Lipinski definition) is 1. The number of nitrogens with one attached hydrogen (secondary N) is 1. The van der Waals surface area contributed by atoms with Gasteiger partial charge in [-0.25, -0.2) is 4.39 Å². The standard InChI is InChI=1S/C26H22BrFN2O3/c1-3-32-24-14-18(12-19(15-29)21-6-4-5-7-23(21)28)13-22(27)26(24)33-16-25(31)30-20-10-8-17(2)9-11-20/h4-14H,3,16H2,1-2H3,(H,30,31)/b19-12-. The molecule has 1 amide bonds. The zero-order valence-corrected chi connectivity index (χ0v) is 19.8. The fourth-order valence-corrected chi connectivity index (χ4v) is 3.64. The first kappa shape index (κ1) is 24.0. The van der Waals surface area contributed by atoms with Crippen LogP contribution in [0.25, 0.3) is 11.6 Å². The van der Waals surface area contributed by atoms with E-state index in [1.54, 1.807) is 36.4 Å². The summed E-state index contributed by atoms with van der Waals surface area (Å²) in [5.41, 5.74) is 2.77. The first-order valence-electron chi connectivity index (χ1n) is 10.2. The number of aryl methyl sites for hydroxylation is 1. The lowest BCUT2D eigenvalue weighted by Gasteiger charge is -2.15. The van der Waals surface area contributed by atoms with Gasteiger partial charge >= 0.3 is 0 Å². The lowest BCUT2D eigenvalue weighted by Crippen LogP contribution is -2.20. The van der Waals surface area contributed by atoms with Gasteiger partial charge in [-0.15, -0.1) is 0 Å². The molecule has 0 aliphatic rings. The van der Waals surface area contributed by atoms with E-state index in [2.05, 4.69) is 21.2 Å². The molecule has 0 spiro atoms. The maximum atomic E-state index is 14.1. The van der Waals surface area contributed by atoms with Crippen molar-refractivity contribution in [1.82, 2.24) is 0 Å². The Bertz CT molecular complexity index is 1220. The minimum atomic E-state index is -0.478.